The average Bonchev–Trinajstić information content (AvgIpc) is 2.68. The minimum absolute atomic E-state index is 0.416. The van der Waals surface area contributed by atoms with Crippen LogP contribution in [0.15, 0.2) is 71.0 Å². The third-order valence-corrected chi connectivity index (χ3v) is 3.70. The third kappa shape index (κ3) is 3.65. The van der Waals surface area contributed by atoms with E-state index in [1.807, 2.05) is 43.3 Å². The minimum Gasteiger partial charge on any atom is -0.261 e. The predicted molar refractivity (Wildman–Crippen MR) is 99.1 cm³/mol. The van der Waals surface area contributed by atoms with Gasteiger partial charge in [0, 0.05) is 12.4 Å². The second kappa shape index (κ2) is 7.28. The molecule has 0 unspecified atom stereocenters. The van der Waals surface area contributed by atoms with Gasteiger partial charge in [0.1, 0.15) is 5.69 Å². The van der Waals surface area contributed by atoms with Gasteiger partial charge in [0.25, 0.3) is 0 Å². The molecule has 0 N–H and O–H groups in total. The van der Waals surface area contributed by atoms with Gasteiger partial charge in [-0.15, -0.1) is 0 Å². The Morgan fingerprint density at radius 2 is 1.96 bits per heavy atom. The van der Waals surface area contributed by atoms with Crippen molar-refractivity contribution in [2.75, 3.05) is 0 Å². The van der Waals surface area contributed by atoms with Gasteiger partial charge in [0.15, 0.2) is 5.84 Å². The molecule has 0 aliphatic carbocycles. The van der Waals surface area contributed by atoms with Crippen LogP contribution in [0.2, 0.25) is 0 Å². The van der Waals surface area contributed by atoms with Gasteiger partial charge in [-0.05, 0) is 48.5 Å². The largest absolute Gasteiger partial charge is 0.261 e. The van der Waals surface area contributed by atoms with E-state index in [0.29, 0.717) is 17.1 Å². The van der Waals surface area contributed by atoms with E-state index in [2.05, 4.69) is 32.7 Å². The Balaban J connectivity index is 2.06. The summed E-state index contributed by atoms with van der Waals surface area (Å²) in [4.78, 5) is 16.8. The van der Waals surface area contributed by atoms with Crippen molar-refractivity contribution in [3.8, 4) is 17.2 Å². The molecule has 0 saturated heterocycles. The Morgan fingerprint density at radius 3 is 2.68 bits per heavy atom. The first kappa shape index (κ1) is 16.2. The maximum absolute atomic E-state index is 9.08. The van der Waals surface area contributed by atoms with Crippen LogP contribution in [0.4, 0.5) is 5.69 Å². The maximum Gasteiger partial charge on any atom is 0.179 e. The summed E-state index contributed by atoms with van der Waals surface area (Å²) in [7, 11) is 0. The highest BCUT2D eigenvalue weighted by Crippen LogP contribution is 2.28. The Bertz CT molecular complexity index is 984. The van der Waals surface area contributed by atoms with E-state index >= 15 is 0 Å². The molecule has 3 rings (SSSR count). The SMILES string of the molecule is C=NC(=Nc1cc(-c2cccc(C#N)c2)ccc1C)c1cnccn1. The maximum atomic E-state index is 9.08. The number of hydrogen-bond acceptors (Lipinski definition) is 4. The number of benzene rings is 2. The number of rotatable bonds is 3. The van der Waals surface area contributed by atoms with Gasteiger partial charge in [0.2, 0.25) is 0 Å². The summed E-state index contributed by atoms with van der Waals surface area (Å²) in [6.07, 6.45) is 4.79. The molecule has 0 fully saturated rings. The second-order valence-corrected chi connectivity index (χ2v) is 5.38. The molecule has 0 saturated carbocycles. The summed E-state index contributed by atoms with van der Waals surface area (Å²) in [6, 6.07) is 15.6. The molecule has 5 heteroatoms. The average molecular weight is 325 g/mol. The van der Waals surface area contributed by atoms with Crippen LogP contribution in [0.25, 0.3) is 11.1 Å². The molecule has 0 aliphatic rings. The van der Waals surface area contributed by atoms with E-state index < -0.39 is 0 Å². The molecular formula is C20H15N5. The van der Waals surface area contributed by atoms with Crippen LogP contribution >= 0.6 is 0 Å². The molecule has 0 spiro atoms. The summed E-state index contributed by atoms with van der Waals surface area (Å²) in [5.74, 6) is 0.416. The van der Waals surface area contributed by atoms with Crippen LogP contribution in [0.5, 0.6) is 0 Å². The fourth-order valence-electron chi connectivity index (χ4n) is 2.38. The predicted octanol–water partition coefficient (Wildman–Crippen LogP) is 4.10. The van der Waals surface area contributed by atoms with Crippen LogP contribution in [0.3, 0.4) is 0 Å². The Kier molecular flexibility index (Phi) is 4.72. The van der Waals surface area contributed by atoms with Crippen LogP contribution in [0, 0.1) is 18.3 Å². The molecule has 25 heavy (non-hydrogen) atoms. The Hall–Kier alpha value is -3.65. The smallest absolute Gasteiger partial charge is 0.179 e. The lowest BCUT2D eigenvalue weighted by Gasteiger charge is -2.07. The number of hydrogen-bond donors (Lipinski definition) is 0. The number of amidine groups is 1. The van der Waals surface area contributed by atoms with Gasteiger partial charge >= 0.3 is 0 Å². The standard InChI is InChI=1S/C20H15N5/c1-14-6-7-17(16-5-3-4-15(10-16)12-21)11-18(14)25-20(22-2)19-13-23-8-9-24-19/h3-11,13H,2H2,1H3. The number of aliphatic imine (C=N–C) groups is 2. The fourth-order valence-corrected chi connectivity index (χ4v) is 2.38. The van der Waals surface area contributed by atoms with Gasteiger partial charge in [-0.3, -0.25) is 4.98 Å². The lowest BCUT2D eigenvalue weighted by Crippen LogP contribution is -2.00. The normalized spacial score (nSPS) is 11.0. The van der Waals surface area contributed by atoms with Crippen LogP contribution in [-0.2, 0) is 0 Å². The van der Waals surface area contributed by atoms with Gasteiger partial charge in [0.05, 0.1) is 23.5 Å². The lowest BCUT2D eigenvalue weighted by molar-refractivity contribution is 1.17. The zero-order valence-electron chi connectivity index (χ0n) is 13.7. The van der Waals surface area contributed by atoms with Crippen LogP contribution in [0.1, 0.15) is 16.8 Å². The van der Waals surface area contributed by atoms with Gasteiger partial charge in [-0.25, -0.2) is 15.0 Å². The molecule has 0 atom stereocenters. The quantitative estimate of drug-likeness (QED) is 0.537. The highest BCUT2D eigenvalue weighted by molar-refractivity contribution is 6.01. The van der Waals surface area contributed by atoms with Crippen molar-refractivity contribution in [3.05, 3.63) is 77.9 Å². The molecule has 5 nitrogen and oxygen atoms in total. The van der Waals surface area contributed by atoms with Crippen molar-refractivity contribution in [1.82, 2.24) is 9.97 Å². The highest BCUT2D eigenvalue weighted by Gasteiger charge is 2.07. The zero-order chi connectivity index (χ0) is 17.6. The van der Waals surface area contributed by atoms with E-state index in [4.69, 9.17) is 5.26 Å². The topological polar surface area (TPSA) is 74.3 Å². The molecule has 3 aromatic rings. The molecule has 1 heterocycles. The number of nitrogens with zero attached hydrogens (tertiary/aromatic N) is 5. The monoisotopic (exact) mass is 325 g/mol. The molecule has 1 aromatic heterocycles. The van der Waals surface area contributed by atoms with E-state index in [-0.39, 0.29) is 0 Å². The first-order valence-electron chi connectivity index (χ1n) is 7.64. The summed E-state index contributed by atoms with van der Waals surface area (Å²) in [5.41, 5.74) is 4.90. The van der Waals surface area contributed by atoms with Crippen molar-refractivity contribution in [2.45, 2.75) is 6.92 Å². The Labute approximate surface area is 146 Å². The molecular weight excluding hydrogens is 310 g/mol. The van der Waals surface area contributed by atoms with E-state index in [1.54, 1.807) is 24.7 Å². The second-order valence-electron chi connectivity index (χ2n) is 5.38. The van der Waals surface area contributed by atoms with Gasteiger partial charge in [-0.1, -0.05) is 24.3 Å². The number of aromatic nitrogens is 2. The third-order valence-electron chi connectivity index (χ3n) is 3.70. The first-order valence-corrected chi connectivity index (χ1v) is 7.64. The summed E-state index contributed by atoms with van der Waals surface area (Å²) < 4.78 is 0. The van der Waals surface area contributed by atoms with Crippen molar-refractivity contribution in [1.29, 1.82) is 5.26 Å². The number of nitriles is 1. The van der Waals surface area contributed by atoms with Crippen LogP contribution in [-0.4, -0.2) is 22.5 Å². The highest BCUT2D eigenvalue weighted by atomic mass is 14.9. The summed E-state index contributed by atoms with van der Waals surface area (Å²) in [5, 5.41) is 9.08. The van der Waals surface area contributed by atoms with Crippen LogP contribution < -0.4 is 0 Å². The summed E-state index contributed by atoms with van der Waals surface area (Å²) >= 11 is 0. The molecule has 0 aliphatic heterocycles. The van der Waals surface area contributed by atoms with E-state index in [9.17, 15) is 0 Å². The molecule has 120 valence electrons. The molecule has 2 aromatic carbocycles. The van der Waals surface area contributed by atoms with E-state index in [0.717, 1.165) is 22.4 Å². The van der Waals surface area contributed by atoms with Crippen molar-refractivity contribution in [3.63, 3.8) is 0 Å². The van der Waals surface area contributed by atoms with Crippen molar-refractivity contribution >= 4 is 18.2 Å². The zero-order valence-corrected chi connectivity index (χ0v) is 13.7. The van der Waals surface area contributed by atoms with Gasteiger partial charge in [-0.2, -0.15) is 5.26 Å². The van der Waals surface area contributed by atoms with E-state index in [1.165, 1.54) is 0 Å². The summed E-state index contributed by atoms with van der Waals surface area (Å²) in [6.45, 7) is 5.56. The molecule has 0 bridgehead atoms. The Morgan fingerprint density at radius 1 is 1.12 bits per heavy atom. The fraction of sp³-hybridized carbons (Fsp3) is 0.0500. The van der Waals surface area contributed by atoms with Gasteiger partial charge < -0.3 is 0 Å². The number of aryl methyl sites for hydroxylation is 1. The molecule has 0 radical (unpaired) electrons. The van der Waals surface area contributed by atoms with Crippen molar-refractivity contribution in [2.24, 2.45) is 9.98 Å². The first-order chi connectivity index (χ1) is 12.2. The molecule has 0 amide bonds. The van der Waals surface area contributed by atoms with Crippen molar-refractivity contribution < 1.29 is 0 Å². The lowest BCUT2D eigenvalue weighted by atomic mass is 10.0. The minimum atomic E-state index is 0.416.